The second kappa shape index (κ2) is 5.14. The molecule has 1 aromatic heterocycles. The fourth-order valence-electron chi connectivity index (χ4n) is 1.85. The van der Waals surface area contributed by atoms with Gasteiger partial charge in [-0.3, -0.25) is 0 Å². The summed E-state index contributed by atoms with van der Waals surface area (Å²) in [6, 6.07) is 0. The van der Waals surface area contributed by atoms with Gasteiger partial charge in [0.1, 0.15) is 6.61 Å². The number of ether oxygens (including phenoxy) is 1. The van der Waals surface area contributed by atoms with E-state index >= 15 is 0 Å². The Kier molecular flexibility index (Phi) is 3.79. The van der Waals surface area contributed by atoms with Crippen LogP contribution in [0.25, 0.3) is 0 Å². The summed E-state index contributed by atoms with van der Waals surface area (Å²) >= 11 is 0. The van der Waals surface area contributed by atoms with Crippen molar-refractivity contribution in [3.05, 3.63) is 11.7 Å². The van der Waals surface area contributed by atoms with Crippen LogP contribution in [-0.4, -0.2) is 28.8 Å². The van der Waals surface area contributed by atoms with Crippen molar-refractivity contribution < 1.29 is 9.26 Å². The first-order chi connectivity index (χ1) is 8.04. The zero-order chi connectivity index (χ0) is 12.3. The predicted octanol–water partition coefficient (Wildman–Crippen LogP) is 1.85. The molecule has 1 N–H and O–H groups in total. The number of nitrogens with one attached hydrogen (secondary N) is 1. The topological polar surface area (TPSA) is 60.2 Å². The molecule has 1 aromatic rings. The van der Waals surface area contributed by atoms with Crippen LogP contribution in [0.4, 0.5) is 0 Å². The fraction of sp³-hybridized carbons (Fsp3) is 0.833. The Labute approximate surface area is 102 Å². The summed E-state index contributed by atoms with van der Waals surface area (Å²) in [7, 11) is 0. The number of nitrogens with zero attached hydrogens (tertiary/aromatic N) is 2. The van der Waals surface area contributed by atoms with Crippen molar-refractivity contribution in [3.63, 3.8) is 0 Å². The fourth-order valence-corrected chi connectivity index (χ4v) is 1.85. The molecule has 0 aromatic carbocycles. The molecule has 0 amide bonds. The van der Waals surface area contributed by atoms with Crippen LogP contribution in [-0.2, 0) is 11.3 Å². The van der Waals surface area contributed by atoms with Gasteiger partial charge in [-0.15, -0.1) is 0 Å². The van der Waals surface area contributed by atoms with Crippen molar-refractivity contribution >= 4 is 0 Å². The molecule has 0 aliphatic carbocycles. The molecule has 0 unspecified atom stereocenters. The molecule has 1 aliphatic rings. The molecule has 0 spiro atoms. The van der Waals surface area contributed by atoms with Crippen molar-refractivity contribution in [2.24, 2.45) is 0 Å². The van der Waals surface area contributed by atoms with Crippen molar-refractivity contribution in [1.29, 1.82) is 0 Å². The number of hydrogen-bond donors (Lipinski definition) is 1. The lowest BCUT2D eigenvalue weighted by molar-refractivity contribution is -0.0260. The van der Waals surface area contributed by atoms with Crippen LogP contribution < -0.4 is 5.32 Å². The van der Waals surface area contributed by atoms with Crippen LogP contribution in [0.3, 0.4) is 0 Å². The van der Waals surface area contributed by atoms with E-state index in [4.69, 9.17) is 9.26 Å². The normalized spacial score (nSPS) is 18.5. The van der Waals surface area contributed by atoms with Gasteiger partial charge in [0.2, 0.25) is 0 Å². The van der Waals surface area contributed by atoms with Gasteiger partial charge in [-0.05, 0) is 46.7 Å². The first-order valence-corrected chi connectivity index (χ1v) is 6.22. The van der Waals surface area contributed by atoms with Crippen molar-refractivity contribution in [2.45, 2.75) is 51.7 Å². The SMILES string of the molecule is CC(C)(C)OCc1nc(C2CCNCC2)no1. The number of hydrogen-bond acceptors (Lipinski definition) is 5. The summed E-state index contributed by atoms with van der Waals surface area (Å²) in [4.78, 5) is 4.41. The molecule has 1 fully saturated rings. The van der Waals surface area contributed by atoms with E-state index in [2.05, 4.69) is 15.5 Å². The van der Waals surface area contributed by atoms with Crippen molar-refractivity contribution in [1.82, 2.24) is 15.5 Å². The van der Waals surface area contributed by atoms with Crippen LogP contribution >= 0.6 is 0 Å². The summed E-state index contributed by atoms with van der Waals surface area (Å²) in [5, 5.41) is 7.37. The lowest BCUT2D eigenvalue weighted by Crippen LogP contribution is -2.27. The van der Waals surface area contributed by atoms with Gasteiger partial charge in [0, 0.05) is 5.92 Å². The van der Waals surface area contributed by atoms with Crippen LogP contribution in [0.2, 0.25) is 0 Å². The molecule has 5 nitrogen and oxygen atoms in total. The van der Waals surface area contributed by atoms with E-state index in [1.54, 1.807) is 0 Å². The maximum absolute atomic E-state index is 5.61. The van der Waals surface area contributed by atoms with E-state index in [1.165, 1.54) is 0 Å². The average Bonchev–Trinajstić information content (AvgIpc) is 2.75. The van der Waals surface area contributed by atoms with Crippen LogP contribution in [0.5, 0.6) is 0 Å². The van der Waals surface area contributed by atoms with E-state index in [0.29, 0.717) is 18.4 Å². The molecule has 1 aliphatic heterocycles. The Morgan fingerprint density at radius 3 is 2.71 bits per heavy atom. The molecule has 0 atom stereocenters. The Hall–Kier alpha value is -0.940. The van der Waals surface area contributed by atoms with E-state index in [0.717, 1.165) is 31.8 Å². The average molecular weight is 239 g/mol. The third-order valence-electron chi connectivity index (χ3n) is 2.82. The maximum atomic E-state index is 5.61. The quantitative estimate of drug-likeness (QED) is 0.872. The summed E-state index contributed by atoms with van der Waals surface area (Å²) in [6.07, 6.45) is 2.16. The van der Waals surface area contributed by atoms with Gasteiger partial charge in [-0.25, -0.2) is 0 Å². The molecule has 0 radical (unpaired) electrons. The molecule has 2 rings (SSSR count). The first kappa shape index (κ1) is 12.5. The van der Waals surface area contributed by atoms with Crippen LogP contribution in [0, 0.1) is 0 Å². The highest BCUT2D eigenvalue weighted by molar-refractivity contribution is 4.97. The summed E-state index contributed by atoms with van der Waals surface area (Å²) in [6.45, 7) is 8.49. The third kappa shape index (κ3) is 3.78. The molecule has 0 saturated carbocycles. The number of rotatable bonds is 3. The van der Waals surface area contributed by atoms with Crippen LogP contribution in [0.15, 0.2) is 4.52 Å². The molecular formula is C12H21N3O2. The number of aromatic nitrogens is 2. The smallest absolute Gasteiger partial charge is 0.252 e. The van der Waals surface area contributed by atoms with E-state index in [1.807, 2.05) is 20.8 Å². The van der Waals surface area contributed by atoms with Gasteiger partial charge in [0.25, 0.3) is 5.89 Å². The molecular weight excluding hydrogens is 218 g/mol. The Morgan fingerprint density at radius 2 is 2.06 bits per heavy atom. The molecule has 0 bridgehead atoms. The minimum absolute atomic E-state index is 0.177. The zero-order valence-corrected chi connectivity index (χ0v) is 10.8. The minimum atomic E-state index is -0.177. The van der Waals surface area contributed by atoms with Crippen LogP contribution in [0.1, 0.15) is 51.2 Å². The second-order valence-corrected chi connectivity index (χ2v) is 5.47. The predicted molar refractivity (Wildman–Crippen MR) is 63.7 cm³/mol. The standard InChI is InChI=1S/C12H21N3O2/c1-12(2,3)16-8-10-14-11(15-17-10)9-4-6-13-7-5-9/h9,13H,4-8H2,1-3H3. The molecule has 2 heterocycles. The van der Waals surface area contributed by atoms with Gasteiger partial charge in [0.05, 0.1) is 5.60 Å². The van der Waals surface area contributed by atoms with Gasteiger partial charge in [-0.1, -0.05) is 5.16 Å². The highest BCUT2D eigenvalue weighted by atomic mass is 16.5. The highest BCUT2D eigenvalue weighted by Crippen LogP contribution is 2.22. The van der Waals surface area contributed by atoms with E-state index in [9.17, 15) is 0 Å². The zero-order valence-electron chi connectivity index (χ0n) is 10.8. The Morgan fingerprint density at radius 1 is 1.35 bits per heavy atom. The highest BCUT2D eigenvalue weighted by Gasteiger charge is 2.21. The molecule has 1 saturated heterocycles. The van der Waals surface area contributed by atoms with E-state index < -0.39 is 0 Å². The second-order valence-electron chi connectivity index (χ2n) is 5.47. The lowest BCUT2D eigenvalue weighted by atomic mass is 9.98. The Bertz CT molecular complexity index is 351. The molecule has 5 heteroatoms. The summed E-state index contributed by atoms with van der Waals surface area (Å²) < 4.78 is 10.8. The third-order valence-corrected chi connectivity index (χ3v) is 2.82. The Balaban J connectivity index is 1.91. The van der Waals surface area contributed by atoms with Crippen molar-refractivity contribution in [3.8, 4) is 0 Å². The van der Waals surface area contributed by atoms with E-state index in [-0.39, 0.29) is 5.60 Å². The first-order valence-electron chi connectivity index (χ1n) is 6.22. The number of piperidine rings is 1. The van der Waals surface area contributed by atoms with Gasteiger partial charge in [0.15, 0.2) is 5.82 Å². The molecule has 96 valence electrons. The van der Waals surface area contributed by atoms with Gasteiger partial charge < -0.3 is 14.6 Å². The minimum Gasteiger partial charge on any atom is -0.366 e. The monoisotopic (exact) mass is 239 g/mol. The summed E-state index contributed by atoms with van der Waals surface area (Å²) in [5.74, 6) is 1.84. The molecule has 17 heavy (non-hydrogen) atoms. The van der Waals surface area contributed by atoms with Crippen molar-refractivity contribution in [2.75, 3.05) is 13.1 Å². The van der Waals surface area contributed by atoms with Gasteiger partial charge >= 0.3 is 0 Å². The maximum Gasteiger partial charge on any atom is 0.252 e. The van der Waals surface area contributed by atoms with Gasteiger partial charge in [-0.2, -0.15) is 4.98 Å². The lowest BCUT2D eigenvalue weighted by Gasteiger charge is -2.19. The summed E-state index contributed by atoms with van der Waals surface area (Å²) in [5.41, 5.74) is -0.177. The largest absolute Gasteiger partial charge is 0.366 e.